The fourth-order valence-electron chi connectivity index (χ4n) is 3.55. The number of benzene rings is 2. The molecule has 0 bridgehead atoms. The van der Waals surface area contributed by atoms with Crippen molar-refractivity contribution in [3.8, 4) is 0 Å². The van der Waals surface area contributed by atoms with Crippen LogP contribution in [0.3, 0.4) is 0 Å². The second kappa shape index (κ2) is 10.2. The number of piperazine rings is 1. The number of hydrogen-bond acceptors (Lipinski definition) is 4. The van der Waals surface area contributed by atoms with E-state index < -0.39 is 12.6 Å². The zero-order valence-corrected chi connectivity index (χ0v) is 17.5. The van der Waals surface area contributed by atoms with Crippen molar-refractivity contribution in [3.63, 3.8) is 0 Å². The molecule has 0 radical (unpaired) electrons. The first kappa shape index (κ1) is 21.8. The number of methoxy groups -OCH3 is 1. The maximum Gasteiger partial charge on any atom is 0.337 e. The molecule has 160 valence electrons. The Balaban J connectivity index is 1.84. The molecular weight excluding hydrogens is 385 g/mol. The minimum absolute atomic E-state index is 0.0983. The van der Waals surface area contributed by atoms with E-state index in [1.165, 1.54) is 7.11 Å². The molecule has 0 atom stereocenters. The number of ether oxygens (including phenoxy) is 1. The summed E-state index contributed by atoms with van der Waals surface area (Å²) in [5, 5.41) is 0. The summed E-state index contributed by atoms with van der Waals surface area (Å²) in [7, 11) is 1.34. The molecule has 3 rings (SSSR count). The van der Waals surface area contributed by atoms with Crippen LogP contribution in [0.5, 0.6) is 0 Å². The molecule has 0 aromatic heterocycles. The Morgan fingerprint density at radius 1 is 1.03 bits per heavy atom. The number of alkyl halides is 1. The third kappa shape index (κ3) is 5.16. The molecule has 0 spiro atoms. The summed E-state index contributed by atoms with van der Waals surface area (Å²) in [4.78, 5) is 30.9. The number of halogens is 1. The SMILES string of the molecule is CCN1CCN(C(=O)N(Cc2ccc(C(=O)OC)cc2)c2cccc(CF)c2)CC1. The summed E-state index contributed by atoms with van der Waals surface area (Å²) in [6, 6.07) is 13.9. The van der Waals surface area contributed by atoms with Gasteiger partial charge in [0.15, 0.2) is 0 Å². The van der Waals surface area contributed by atoms with E-state index in [1.54, 1.807) is 47.4 Å². The highest BCUT2D eigenvalue weighted by Gasteiger charge is 2.26. The van der Waals surface area contributed by atoms with E-state index in [-0.39, 0.29) is 6.03 Å². The molecule has 2 amide bonds. The first-order valence-electron chi connectivity index (χ1n) is 10.2. The number of hydrogen-bond donors (Lipinski definition) is 0. The average molecular weight is 413 g/mol. The Labute approximate surface area is 176 Å². The summed E-state index contributed by atoms with van der Waals surface area (Å²) in [5.74, 6) is -0.404. The Kier molecular flexibility index (Phi) is 7.41. The third-order valence-corrected chi connectivity index (χ3v) is 5.41. The second-order valence-corrected chi connectivity index (χ2v) is 7.28. The molecule has 2 aromatic rings. The van der Waals surface area contributed by atoms with Gasteiger partial charge < -0.3 is 14.5 Å². The lowest BCUT2D eigenvalue weighted by Crippen LogP contribution is -2.52. The number of likely N-dealkylation sites (N-methyl/N-ethyl adjacent to an activating group) is 1. The molecule has 1 heterocycles. The van der Waals surface area contributed by atoms with Crippen molar-refractivity contribution >= 4 is 17.7 Å². The van der Waals surface area contributed by atoms with Gasteiger partial charge in [0.1, 0.15) is 6.67 Å². The molecule has 1 fully saturated rings. The van der Waals surface area contributed by atoms with Gasteiger partial charge in [-0.05, 0) is 41.9 Å². The average Bonchev–Trinajstić information content (AvgIpc) is 2.82. The van der Waals surface area contributed by atoms with E-state index in [9.17, 15) is 14.0 Å². The predicted octanol–water partition coefficient (Wildman–Crippen LogP) is 3.71. The number of urea groups is 1. The fourth-order valence-corrected chi connectivity index (χ4v) is 3.55. The fraction of sp³-hybridized carbons (Fsp3) is 0.391. The van der Waals surface area contributed by atoms with Gasteiger partial charge >= 0.3 is 12.0 Å². The van der Waals surface area contributed by atoms with Crippen LogP contribution >= 0.6 is 0 Å². The van der Waals surface area contributed by atoms with Crippen molar-refractivity contribution in [1.82, 2.24) is 9.80 Å². The zero-order valence-electron chi connectivity index (χ0n) is 17.5. The lowest BCUT2D eigenvalue weighted by Gasteiger charge is -2.37. The number of esters is 1. The Morgan fingerprint density at radius 3 is 2.33 bits per heavy atom. The maximum absolute atomic E-state index is 13.4. The molecular formula is C23H28FN3O3. The van der Waals surface area contributed by atoms with Crippen LogP contribution < -0.4 is 4.90 Å². The van der Waals surface area contributed by atoms with Crippen molar-refractivity contribution in [2.45, 2.75) is 20.1 Å². The van der Waals surface area contributed by atoms with E-state index in [2.05, 4.69) is 11.8 Å². The molecule has 7 heteroatoms. The zero-order chi connectivity index (χ0) is 21.5. The van der Waals surface area contributed by atoms with Crippen LogP contribution in [0.15, 0.2) is 48.5 Å². The highest BCUT2D eigenvalue weighted by molar-refractivity contribution is 5.92. The summed E-state index contributed by atoms with van der Waals surface area (Å²) in [6.45, 7) is 5.83. The number of anilines is 1. The van der Waals surface area contributed by atoms with Crippen molar-refractivity contribution in [3.05, 3.63) is 65.2 Å². The van der Waals surface area contributed by atoms with Crippen molar-refractivity contribution < 1.29 is 18.7 Å². The largest absolute Gasteiger partial charge is 0.465 e. The van der Waals surface area contributed by atoms with E-state index in [0.29, 0.717) is 36.4 Å². The first-order chi connectivity index (χ1) is 14.5. The van der Waals surface area contributed by atoms with E-state index in [4.69, 9.17) is 4.74 Å². The van der Waals surface area contributed by atoms with Gasteiger partial charge in [-0.1, -0.05) is 31.2 Å². The quantitative estimate of drug-likeness (QED) is 0.678. The van der Waals surface area contributed by atoms with Crippen LogP contribution in [0.4, 0.5) is 14.9 Å². The van der Waals surface area contributed by atoms with E-state index in [0.717, 1.165) is 25.2 Å². The molecule has 30 heavy (non-hydrogen) atoms. The standard InChI is InChI=1S/C23H28FN3O3/c1-3-25-11-13-26(14-12-25)23(29)27(21-6-4-5-19(15-21)16-24)17-18-7-9-20(10-8-18)22(28)30-2/h4-10,15H,3,11-14,16-17H2,1-2H3. The smallest absolute Gasteiger partial charge is 0.337 e. The van der Waals surface area contributed by atoms with Gasteiger partial charge in [0.25, 0.3) is 0 Å². The van der Waals surface area contributed by atoms with Crippen LogP contribution in [0.1, 0.15) is 28.4 Å². The Morgan fingerprint density at radius 2 is 1.73 bits per heavy atom. The Hall–Kier alpha value is -2.93. The lowest BCUT2D eigenvalue weighted by atomic mass is 10.1. The van der Waals surface area contributed by atoms with Gasteiger partial charge in [-0.2, -0.15) is 0 Å². The Bertz CT molecular complexity index is 864. The van der Waals surface area contributed by atoms with Crippen molar-refractivity contribution in [2.75, 3.05) is 44.7 Å². The summed E-state index contributed by atoms with van der Waals surface area (Å²) >= 11 is 0. The monoisotopic (exact) mass is 413 g/mol. The minimum atomic E-state index is -0.584. The minimum Gasteiger partial charge on any atom is -0.465 e. The van der Waals surface area contributed by atoms with Gasteiger partial charge in [0, 0.05) is 31.9 Å². The predicted molar refractivity (Wildman–Crippen MR) is 114 cm³/mol. The highest BCUT2D eigenvalue weighted by atomic mass is 19.1. The molecule has 1 aliphatic heterocycles. The van der Waals surface area contributed by atoms with Gasteiger partial charge in [0.2, 0.25) is 0 Å². The van der Waals surface area contributed by atoms with Crippen LogP contribution in [0.2, 0.25) is 0 Å². The van der Waals surface area contributed by atoms with Gasteiger partial charge in [0.05, 0.1) is 19.2 Å². The molecule has 1 saturated heterocycles. The normalized spacial score (nSPS) is 14.4. The summed E-state index contributed by atoms with van der Waals surface area (Å²) < 4.78 is 18.0. The molecule has 2 aromatic carbocycles. The molecule has 0 saturated carbocycles. The summed E-state index contributed by atoms with van der Waals surface area (Å²) in [5.41, 5.74) is 2.51. The van der Waals surface area contributed by atoms with Crippen LogP contribution in [0.25, 0.3) is 0 Å². The van der Waals surface area contributed by atoms with E-state index >= 15 is 0 Å². The van der Waals surface area contributed by atoms with Gasteiger partial charge in [-0.15, -0.1) is 0 Å². The number of carbonyl (C=O) groups is 2. The summed E-state index contributed by atoms with van der Waals surface area (Å²) in [6.07, 6.45) is 0. The van der Waals surface area contributed by atoms with Crippen molar-refractivity contribution in [1.29, 1.82) is 0 Å². The van der Waals surface area contributed by atoms with Crippen LogP contribution in [0, 0.1) is 0 Å². The van der Waals surface area contributed by atoms with E-state index in [1.807, 2.05) is 11.0 Å². The van der Waals surface area contributed by atoms with Crippen molar-refractivity contribution in [2.24, 2.45) is 0 Å². The topological polar surface area (TPSA) is 53.1 Å². The molecule has 0 aliphatic carbocycles. The first-order valence-corrected chi connectivity index (χ1v) is 10.2. The van der Waals surface area contributed by atoms with Crippen LogP contribution in [-0.2, 0) is 18.0 Å². The number of amides is 2. The third-order valence-electron chi connectivity index (χ3n) is 5.41. The molecule has 0 N–H and O–H groups in total. The number of carbonyl (C=O) groups excluding carboxylic acids is 2. The maximum atomic E-state index is 13.4. The number of nitrogens with zero attached hydrogens (tertiary/aromatic N) is 3. The molecule has 6 nitrogen and oxygen atoms in total. The highest BCUT2D eigenvalue weighted by Crippen LogP contribution is 2.22. The number of rotatable bonds is 6. The van der Waals surface area contributed by atoms with Crippen LogP contribution in [-0.4, -0.2) is 61.6 Å². The van der Waals surface area contributed by atoms with Gasteiger partial charge in [-0.3, -0.25) is 4.90 Å². The second-order valence-electron chi connectivity index (χ2n) is 7.28. The van der Waals surface area contributed by atoms with Gasteiger partial charge in [-0.25, -0.2) is 14.0 Å². The molecule has 1 aliphatic rings. The molecule has 0 unspecified atom stereocenters. The lowest BCUT2D eigenvalue weighted by molar-refractivity contribution is 0.0600.